The maximum atomic E-state index is 13.0. The summed E-state index contributed by atoms with van der Waals surface area (Å²) >= 11 is 0. The van der Waals surface area contributed by atoms with Crippen LogP contribution in [-0.4, -0.2) is 21.4 Å². The van der Waals surface area contributed by atoms with Gasteiger partial charge in [0.2, 0.25) is 9.84 Å². The first kappa shape index (κ1) is 33.6. The van der Waals surface area contributed by atoms with Gasteiger partial charge in [0.05, 0.1) is 9.79 Å². The minimum absolute atomic E-state index is 0. The van der Waals surface area contributed by atoms with Crippen molar-refractivity contribution in [2.24, 2.45) is 0 Å². The molecule has 0 aromatic heterocycles. The second-order valence-corrected chi connectivity index (χ2v) is 13.1. The van der Waals surface area contributed by atoms with Crippen molar-refractivity contribution in [1.29, 1.82) is 0 Å². The zero-order valence-corrected chi connectivity index (χ0v) is 28.9. The van der Waals surface area contributed by atoms with E-state index in [0.29, 0.717) is 5.75 Å². The van der Waals surface area contributed by atoms with Gasteiger partial charge in [-0.1, -0.05) is 47.4 Å². The topological polar surface area (TPSA) is 110 Å². The fourth-order valence-corrected chi connectivity index (χ4v) is 6.21. The van der Waals surface area contributed by atoms with Crippen molar-refractivity contribution >= 4 is 20.0 Å². The van der Waals surface area contributed by atoms with Crippen LogP contribution >= 0.6 is 0 Å². The van der Waals surface area contributed by atoms with Gasteiger partial charge in [0.1, 0.15) is 38.0 Å². The van der Waals surface area contributed by atoms with Crippen LogP contribution in [0.25, 0.3) is 11.1 Å². The summed E-state index contributed by atoms with van der Waals surface area (Å²) < 4.78 is 74.4. The van der Waals surface area contributed by atoms with Crippen LogP contribution in [0, 0.1) is 26.2 Å². The van der Waals surface area contributed by atoms with Gasteiger partial charge in [0.15, 0.2) is 0 Å². The molecule has 5 rings (SSSR count). The molecule has 0 saturated carbocycles. The third-order valence-corrected chi connectivity index (χ3v) is 9.25. The molecule has 0 N–H and O–H groups in total. The van der Waals surface area contributed by atoms with Crippen molar-refractivity contribution in [2.75, 3.05) is 0 Å². The number of terminal acetylenes is 1. The predicted molar refractivity (Wildman–Crippen MR) is 162 cm³/mol. The average Bonchev–Trinajstić information content (AvgIpc) is 2.99. The van der Waals surface area contributed by atoms with Gasteiger partial charge in [-0.2, -0.15) is 0 Å². The van der Waals surface area contributed by atoms with E-state index in [4.69, 9.17) is 15.9 Å². The van der Waals surface area contributed by atoms with Gasteiger partial charge in [0, 0.05) is 17.2 Å². The SMILES string of the molecule is C#Cc1ccc(-c2cc(C)ccc2Oc2ccc(Oc3ccc(S(=O)(=O)c4ccc(C)cc4)cc3)c(S(=O)(=O)[O-])c2)cc1.[K+]. The van der Waals surface area contributed by atoms with Crippen LogP contribution in [0.2, 0.25) is 0 Å². The van der Waals surface area contributed by atoms with Crippen LogP contribution < -0.4 is 60.9 Å². The summed E-state index contributed by atoms with van der Waals surface area (Å²) in [5.74, 6) is 3.02. The standard InChI is InChI=1S/C34H26O7S2.K/c1-4-25-8-10-26(11-9-25)31-21-24(3)7-19-32(31)41-28-14-20-33(34(22-28)43(37,38)39)40-27-12-17-30(18-13-27)42(35,36)29-15-5-23(2)6-16-29;/h1,5-22H,2-3H3,(H,37,38,39);/q;+1/p-1. The van der Waals surface area contributed by atoms with Gasteiger partial charge in [-0.25, -0.2) is 16.8 Å². The second-order valence-electron chi connectivity index (χ2n) is 9.78. The van der Waals surface area contributed by atoms with Crippen LogP contribution in [0.4, 0.5) is 0 Å². The van der Waals surface area contributed by atoms with Crippen molar-refractivity contribution < 1.29 is 82.2 Å². The van der Waals surface area contributed by atoms with E-state index in [1.165, 1.54) is 48.5 Å². The minimum Gasteiger partial charge on any atom is -0.744 e. The summed E-state index contributed by atoms with van der Waals surface area (Å²) in [7, 11) is -8.75. The number of rotatable bonds is 8. The molecule has 0 aliphatic heterocycles. The van der Waals surface area contributed by atoms with Crippen molar-refractivity contribution in [1.82, 2.24) is 0 Å². The third kappa shape index (κ3) is 7.69. The second kappa shape index (κ2) is 13.8. The number of benzene rings is 5. The Balaban J connectivity index is 0.00000442. The zero-order valence-electron chi connectivity index (χ0n) is 24.1. The molecular formula is C34H25KO7S2. The summed E-state index contributed by atoms with van der Waals surface area (Å²) in [5, 5.41) is 0. The van der Waals surface area contributed by atoms with Crippen LogP contribution in [0.5, 0.6) is 23.0 Å². The number of aryl methyl sites for hydroxylation is 2. The summed E-state index contributed by atoms with van der Waals surface area (Å²) in [5.41, 5.74) is 4.21. The Hall–Kier alpha value is -3.24. The number of ether oxygens (including phenoxy) is 2. The summed E-state index contributed by atoms with van der Waals surface area (Å²) in [6, 6.07) is 28.7. The van der Waals surface area contributed by atoms with Gasteiger partial charge in [-0.3, -0.25) is 0 Å². The Morgan fingerprint density at radius 2 is 1.16 bits per heavy atom. The number of hydrogen-bond donors (Lipinski definition) is 0. The quantitative estimate of drug-likeness (QED) is 0.140. The van der Waals surface area contributed by atoms with Crippen LogP contribution in [0.15, 0.2) is 124 Å². The molecule has 0 unspecified atom stereocenters. The molecule has 10 heteroatoms. The monoisotopic (exact) mass is 648 g/mol. The van der Waals surface area contributed by atoms with Gasteiger partial charge >= 0.3 is 51.4 Å². The van der Waals surface area contributed by atoms with Crippen LogP contribution in [-0.2, 0) is 20.0 Å². The van der Waals surface area contributed by atoms with E-state index < -0.39 is 24.9 Å². The van der Waals surface area contributed by atoms with Gasteiger partial charge in [0.25, 0.3) is 0 Å². The maximum absolute atomic E-state index is 13.0. The van der Waals surface area contributed by atoms with E-state index in [1.807, 2.05) is 38.1 Å². The van der Waals surface area contributed by atoms with Crippen LogP contribution in [0.1, 0.15) is 16.7 Å². The molecule has 0 fully saturated rings. The molecular weight excluding hydrogens is 624 g/mol. The Morgan fingerprint density at radius 1 is 0.636 bits per heavy atom. The molecule has 5 aromatic rings. The Morgan fingerprint density at radius 3 is 1.75 bits per heavy atom. The van der Waals surface area contributed by atoms with Crippen molar-refractivity contribution in [3.63, 3.8) is 0 Å². The van der Waals surface area contributed by atoms with Gasteiger partial charge < -0.3 is 14.0 Å². The Labute approximate surface area is 300 Å². The Bertz CT molecular complexity index is 2060. The summed E-state index contributed by atoms with van der Waals surface area (Å²) in [4.78, 5) is -0.455. The first-order valence-corrected chi connectivity index (χ1v) is 15.9. The first-order chi connectivity index (χ1) is 20.4. The molecule has 0 aliphatic rings. The van der Waals surface area contributed by atoms with E-state index in [2.05, 4.69) is 5.92 Å². The zero-order chi connectivity index (χ0) is 30.8. The van der Waals surface area contributed by atoms with Crippen molar-refractivity contribution in [3.05, 3.63) is 126 Å². The minimum atomic E-state index is -4.99. The van der Waals surface area contributed by atoms with Gasteiger partial charge in [-0.15, -0.1) is 6.42 Å². The van der Waals surface area contributed by atoms with Crippen molar-refractivity contribution in [2.45, 2.75) is 28.5 Å². The fraction of sp³-hybridized carbons (Fsp3) is 0.0588. The normalized spacial score (nSPS) is 11.2. The molecule has 0 heterocycles. The first-order valence-electron chi connectivity index (χ1n) is 13.0. The molecule has 0 aliphatic carbocycles. The van der Waals surface area contributed by atoms with E-state index in [0.717, 1.165) is 33.9 Å². The van der Waals surface area contributed by atoms with Crippen molar-refractivity contribution in [3.8, 4) is 46.5 Å². The molecule has 0 spiro atoms. The maximum Gasteiger partial charge on any atom is 1.00 e. The smallest absolute Gasteiger partial charge is 0.744 e. The van der Waals surface area contributed by atoms with Crippen LogP contribution in [0.3, 0.4) is 0 Å². The fourth-order valence-electron chi connectivity index (χ4n) is 4.33. The number of sulfone groups is 1. The molecule has 0 bridgehead atoms. The summed E-state index contributed by atoms with van der Waals surface area (Å²) in [6.45, 7) is 3.79. The molecule has 5 aromatic carbocycles. The van der Waals surface area contributed by atoms with E-state index in [1.54, 1.807) is 30.3 Å². The molecule has 216 valence electrons. The largest absolute Gasteiger partial charge is 1.00 e. The average molecular weight is 649 g/mol. The van der Waals surface area contributed by atoms with Gasteiger partial charge in [-0.05, 0) is 92.2 Å². The van der Waals surface area contributed by atoms with E-state index in [9.17, 15) is 21.4 Å². The predicted octanol–water partition coefficient (Wildman–Crippen LogP) is 4.28. The van der Waals surface area contributed by atoms with E-state index >= 15 is 0 Å². The Kier molecular flexibility index (Phi) is 10.6. The molecule has 7 nitrogen and oxygen atoms in total. The third-order valence-electron chi connectivity index (χ3n) is 6.60. The molecule has 44 heavy (non-hydrogen) atoms. The molecule has 0 amide bonds. The summed E-state index contributed by atoms with van der Waals surface area (Å²) in [6.07, 6.45) is 5.47. The van der Waals surface area contributed by atoms with E-state index in [-0.39, 0.29) is 78.4 Å². The molecule has 0 radical (unpaired) electrons. The molecule has 0 atom stereocenters. The number of hydrogen-bond acceptors (Lipinski definition) is 7. The molecule has 0 saturated heterocycles.